The van der Waals surface area contributed by atoms with Crippen LogP contribution in [0, 0.1) is 19.3 Å². The largest absolute Gasteiger partial charge is 0.539 e. The number of nitrogens with zero attached hydrogens (tertiary/aromatic N) is 3. The van der Waals surface area contributed by atoms with Gasteiger partial charge in [-0.15, -0.1) is 5.10 Å². The maximum Gasteiger partial charge on any atom is 0.504 e. The summed E-state index contributed by atoms with van der Waals surface area (Å²) in [6.07, 6.45) is 4.00. The quantitative estimate of drug-likeness (QED) is 0.423. The van der Waals surface area contributed by atoms with E-state index in [1.165, 1.54) is 0 Å². The zero-order valence-corrected chi connectivity index (χ0v) is 20.4. The number of hydrogen-bond acceptors (Lipinski definition) is 5. The zero-order chi connectivity index (χ0) is 24.7. The number of aromatic nitrogens is 3. The molecule has 0 saturated heterocycles. The number of anilines is 1. The number of benzene rings is 2. The Kier molecular flexibility index (Phi) is 8.07. The van der Waals surface area contributed by atoms with E-state index in [1.54, 1.807) is 10.7 Å². The molecule has 176 valence electrons. The molecule has 2 N–H and O–H groups in total. The van der Waals surface area contributed by atoms with Gasteiger partial charge in [-0.1, -0.05) is 63.2 Å². The molecule has 0 saturated carbocycles. The van der Waals surface area contributed by atoms with Crippen molar-refractivity contribution in [1.82, 2.24) is 14.6 Å². The van der Waals surface area contributed by atoms with Gasteiger partial charge in [0, 0.05) is 18.8 Å². The monoisotopic (exact) mass is 458 g/mol. The standard InChI is InChI=1S/C19H22N4O.C7H9BO2/c1-13-8-5-6-9-14(13)16-17(21-15(24)12-19(2,3)4)22-23-11-7-10-20-18(16)23;1-6-4-2-3-5-7(6)10-8-9/h5-11H,12H2,1-4H3,(H,21,22,24);2-5,8-9H,1H3. The van der Waals surface area contributed by atoms with Crippen LogP contribution in [-0.2, 0) is 4.79 Å². The molecule has 8 heteroatoms. The molecule has 0 spiro atoms. The van der Waals surface area contributed by atoms with Crippen LogP contribution in [0.1, 0.15) is 38.3 Å². The Balaban J connectivity index is 0.000000271. The zero-order valence-electron chi connectivity index (χ0n) is 20.4. The second-order valence-electron chi connectivity index (χ2n) is 9.25. The van der Waals surface area contributed by atoms with E-state index in [4.69, 9.17) is 9.68 Å². The predicted molar refractivity (Wildman–Crippen MR) is 137 cm³/mol. The number of hydrogen-bond donors (Lipinski definition) is 2. The van der Waals surface area contributed by atoms with Crippen LogP contribution in [0.4, 0.5) is 5.82 Å². The first kappa shape index (κ1) is 25.0. The van der Waals surface area contributed by atoms with E-state index in [0.29, 0.717) is 12.2 Å². The number of fused-ring (bicyclic) bond motifs is 1. The third kappa shape index (κ3) is 6.45. The molecule has 0 atom stereocenters. The molecule has 0 fully saturated rings. The Hall–Kier alpha value is -3.65. The van der Waals surface area contributed by atoms with Gasteiger partial charge >= 0.3 is 7.69 Å². The summed E-state index contributed by atoms with van der Waals surface area (Å²) >= 11 is 0. The van der Waals surface area contributed by atoms with Crippen molar-refractivity contribution in [3.63, 3.8) is 0 Å². The fourth-order valence-electron chi connectivity index (χ4n) is 3.52. The van der Waals surface area contributed by atoms with E-state index in [1.807, 2.05) is 95.4 Å². The summed E-state index contributed by atoms with van der Waals surface area (Å²) in [5.74, 6) is 1.25. The minimum absolute atomic E-state index is 0.0410. The molecule has 0 aliphatic carbocycles. The van der Waals surface area contributed by atoms with Crippen LogP contribution in [0.25, 0.3) is 16.8 Å². The number of para-hydroxylation sites is 1. The van der Waals surface area contributed by atoms with Gasteiger partial charge in [-0.25, -0.2) is 9.50 Å². The number of amides is 1. The molecule has 0 aliphatic heterocycles. The summed E-state index contributed by atoms with van der Waals surface area (Å²) in [5, 5.41) is 15.9. The highest BCUT2D eigenvalue weighted by molar-refractivity contribution is 6.17. The molecule has 7 nitrogen and oxygen atoms in total. The van der Waals surface area contributed by atoms with Gasteiger partial charge in [-0.3, -0.25) is 4.79 Å². The number of aryl methyl sites for hydroxylation is 2. The average molecular weight is 458 g/mol. The minimum atomic E-state index is -0.259. The van der Waals surface area contributed by atoms with E-state index in [-0.39, 0.29) is 19.0 Å². The molecule has 2 aromatic carbocycles. The van der Waals surface area contributed by atoms with E-state index < -0.39 is 0 Å². The Morgan fingerprint density at radius 1 is 1.06 bits per heavy atom. The SMILES string of the molecule is Cc1ccccc1-c1c(NC(=O)CC(C)(C)C)nn2cccnc12.Cc1ccccc1OBO. The molecule has 4 aromatic rings. The Labute approximate surface area is 201 Å². The molecule has 2 aromatic heterocycles. The molecular formula is C26H31BN4O3. The molecule has 0 bridgehead atoms. The van der Waals surface area contributed by atoms with Crippen molar-refractivity contribution in [2.75, 3.05) is 5.32 Å². The number of nitrogens with one attached hydrogen (secondary N) is 1. The molecule has 34 heavy (non-hydrogen) atoms. The lowest BCUT2D eigenvalue weighted by Gasteiger charge is -2.17. The number of carbonyl (C=O) groups excluding carboxylic acids is 1. The van der Waals surface area contributed by atoms with Crippen LogP contribution >= 0.6 is 0 Å². The maximum absolute atomic E-state index is 12.4. The van der Waals surface area contributed by atoms with Crippen LogP contribution in [0.3, 0.4) is 0 Å². The van der Waals surface area contributed by atoms with Crippen molar-refractivity contribution in [2.24, 2.45) is 5.41 Å². The second kappa shape index (κ2) is 11.0. The molecule has 1 amide bonds. The van der Waals surface area contributed by atoms with Crippen molar-refractivity contribution in [2.45, 2.75) is 41.0 Å². The summed E-state index contributed by atoms with van der Waals surface area (Å²) in [5.41, 5.74) is 4.69. The van der Waals surface area contributed by atoms with Crippen LogP contribution in [0.5, 0.6) is 5.75 Å². The Bertz CT molecular complexity index is 1260. The summed E-state index contributed by atoms with van der Waals surface area (Å²) in [7, 11) is -0.259. The van der Waals surface area contributed by atoms with Gasteiger partial charge in [0.05, 0.1) is 5.56 Å². The average Bonchev–Trinajstić information content (AvgIpc) is 3.12. The van der Waals surface area contributed by atoms with Crippen molar-refractivity contribution < 1.29 is 14.5 Å². The van der Waals surface area contributed by atoms with Crippen LogP contribution in [0.2, 0.25) is 0 Å². The summed E-state index contributed by atoms with van der Waals surface area (Å²) < 4.78 is 6.60. The van der Waals surface area contributed by atoms with Crippen molar-refractivity contribution in [3.8, 4) is 16.9 Å². The summed E-state index contributed by atoms with van der Waals surface area (Å²) in [4.78, 5) is 16.8. The minimum Gasteiger partial charge on any atom is -0.539 e. The molecule has 0 radical (unpaired) electrons. The van der Waals surface area contributed by atoms with Gasteiger partial charge in [0.15, 0.2) is 11.5 Å². The van der Waals surface area contributed by atoms with Crippen molar-refractivity contribution >= 4 is 25.1 Å². The lowest BCUT2D eigenvalue weighted by molar-refractivity contribution is -0.117. The first-order valence-corrected chi connectivity index (χ1v) is 11.2. The fourth-order valence-corrected chi connectivity index (χ4v) is 3.52. The van der Waals surface area contributed by atoms with E-state index in [2.05, 4.69) is 15.4 Å². The normalized spacial score (nSPS) is 10.9. The number of rotatable bonds is 5. The topological polar surface area (TPSA) is 88.8 Å². The smallest absolute Gasteiger partial charge is 0.504 e. The van der Waals surface area contributed by atoms with Crippen LogP contribution in [-0.4, -0.2) is 33.2 Å². The first-order chi connectivity index (χ1) is 16.2. The Morgan fingerprint density at radius 2 is 1.74 bits per heavy atom. The van der Waals surface area contributed by atoms with E-state index in [0.717, 1.165) is 33.7 Å². The third-order valence-corrected chi connectivity index (χ3v) is 5.07. The predicted octanol–water partition coefficient (Wildman–Crippen LogP) is 4.71. The highest BCUT2D eigenvalue weighted by atomic mass is 16.5. The molecule has 0 unspecified atom stereocenters. The van der Waals surface area contributed by atoms with Gasteiger partial charge in [-0.2, -0.15) is 0 Å². The van der Waals surface area contributed by atoms with Crippen LogP contribution < -0.4 is 9.97 Å². The lowest BCUT2D eigenvalue weighted by Crippen LogP contribution is -2.20. The third-order valence-electron chi connectivity index (χ3n) is 5.07. The van der Waals surface area contributed by atoms with Gasteiger partial charge in [0.2, 0.25) is 5.91 Å². The Morgan fingerprint density at radius 3 is 2.38 bits per heavy atom. The van der Waals surface area contributed by atoms with Crippen molar-refractivity contribution in [3.05, 3.63) is 78.1 Å². The maximum atomic E-state index is 12.4. The molecule has 4 rings (SSSR count). The summed E-state index contributed by atoms with van der Waals surface area (Å²) in [6, 6.07) is 17.4. The molecule has 0 aliphatic rings. The molecular weight excluding hydrogens is 427 g/mol. The van der Waals surface area contributed by atoms with Gasteiger partial charge in [-0.05, 0) is 48.1 Å². The van der Waals surface area contributed by atoms with Crippen molar-refractivity contribution in [1.29, 1.82) is 0 Å². The second-order valence-corrected chi connectivity index (χ2v) is 9.25. The van der Waals surface area contributed by atoms with Gasteiger partial charge in [0.25, 0.3) is 0 Å². The highest BCUT2D eigenvalue weighted by Gasteiger charge is 2.21. The highest BCUT2D eigenvalue weighted by Crippen LogP contribution is 2.33. The number of carbonyl (C=O) groups is 1. The lowest BCUT2D eigenvalue weighted by atomic mass is 9.92. The first-order valence-electron chi connectivity index (χ1n) is 11.2. The van der Waals surface area contributed by atoms with E-state index in [9.17, 15) is 4.79 Å². The van der Waals surface area contributed by atoms with Gasteiger partial charge in [0.1, 0.15) is 5.75 Å². The van der Waals surface area contributed by atoms with E-state index >= 15 is 0 Å². The molecule has 2 heterocycles. The van der Waals surface area contributed by atoms with Crippen LogP contribution in [0.15, 0.2) is 67.0 Å². The van der Waals surface area contributed by atoms with Gasteiger partial charge < -0.3 is 15.0 Å². The fraction of sp³-hybridized carbons (Fsp3) is 0.269. The summed E-state index contributed by atoms with van der Waals surface area (Å²) in [6.45, 7) is 10.1.